The van der Waals surface area contributed by atoms with Crippen molar-refractivity contribution in [3.05, 3.63) is 93.9 Å². The maximum absolute atomic E-state index is 11.8. The van der Waals surface area contributed by atoms with Crippen molar-refractivity contribution >= 4 is 0 Å². The lowest BCUT2D eigenvalue weighted by Gasteiger charge is -2.09. The minimum absolute atomic E-state index is 0.0137. The van der Waals surface area contributed by atoms with Gasteiger partial charge in [0.1, 0.15) is 0 Å². The summed E-state index contributed by atoms with van der Waals surface area (Å²) >= 11 is 0. The second kappa shape index (κ2) is 7.45. The van der Waals surface area contributed by atoms with E-state index in [1.54, 1.807) is 16.7 Å². The normalized spacial score (nSPS) is 12.3. The summed E-state index contributed by atoms with van der Waals surface area (Å²) in [6, 6.07) is 19.4. The lowest BCUT2D eigenvalue weighted by Crippen LogP contribution is -2.18. The Labute approximate surface area is 151 Å². The Kier molecular flexibility index (Phi) is 4.71. The Hall–Kier alpha value is -3.05. The van der Waals surface area contributed by atoms with Crippen LogP contribution in [0.25, 0.3) is 0 Å². The fourth-order valence-corrected chi connectivity index (χ4v) is 3.02. The quantitative estimate of drug-likeness (QED) is 0.744. The first-order chi connectivity index (χ1) is 12.8. The van der Waals surface area contributed by atoms with E-state index in [0.717, 1.165) is 29.2 Å². The van der Waals surface area contributed by atoms with Crippen molar-refractivity contribution in [3.8, 4) is 11.5 Å². The van der Waals surface area contributed by atoms with Crippen molar-refractivity contribution in [2.45, 2.75) is 19.6 Å². The third kappa shape index (κ3) is 3.63. The number of pyridine rings is 1. The molecule has 132 valence electrons. The van der Waals surface area contributed by atoms with Gasteiger partial charge >= 0.3 is 0 Å². The molecule has 0 radical (unpaired) electrons. The van der Waals surface area contributed by atoms with Crippen molar-refractivity contribution in [1.82, 2.24) is 9.88 Å². The van der Waals surface area contributed by atoms with Gasteiger partial charge in [0.25, 0.3) is 5.56 Å². The molecule has 0 atom stereocenters. The molecule has 4 rings (SSSR count). The van der Waals surface area contributed by atoms with E-state index in [9.17, 15) is 4.79 Å². The molecule has 1 aliphatic heterocycles. The fraction of sp³-hybridized carbons (Fsp3) is 0.190. The molecule has 26 heavy (non-hydrogen) atoms. The van der Waals surface area contributed by atoms with E-state index in [-0.39, 0.29) is 12.4 Å². The van der Waals surface area contributed by atoms with E-state index < -0.39 is 0 Å². The molecule has 0 amide bonds. The highest BCUT2D eigenvalue weighted by Crippen LogP contribution is 2.35. The molecule has 0 aliphatic carbocycles. The highest BCUT2D eigenvalue weighted by atomic mass is 16.7. The summed E-state index contributed by atoms with van der Waals surface area (Å²) in [7, 11) is 0. The Bertz CT molecular complexity index is 948. The zero-order valence-corrected chi connectivity index (χ0v) is 14.4. The Morgan fingerprint density at radius 1 is 0.885 bits per heavy atom. The smallest absolute Gasteiger partial charge is 0.250 e. The lowest BCUT2D eigenvalue weighted by molar-refractivity contribution is 0.173. The molecule has 0 bridgehead atoms. The number of ether oxygens (including phenoxy) is 2. The second-order valence-electron chi connectivity index (χ2n) is 6.24. The maximum Gasteiger partial charge on any atom is 0.250 e. The van der Waals surface area contributed by atoms with E-state index in [2.05, 4.69) is 29.6 Å². The first-order valence-corrected chi connectivity index (χ1v) is 8.61. The minimum atomic E-state index is 0.0137. The number of nitrogens with one attached hydrogen (secondary N) is 1. The molecular weight excluding hydrogens is 328 g/mol. The SMILES string of the molecule is O=c1ccccn1Cc1ccc(CNCc2cccc3c2OCO3)cc1. The Morgan fingerprint density at radius 3 is 2.58 bits per heavy atom. The van der Waals surface area contributed by atoms with Crippen LogP contribution in [0.5, 0.6) is 11.5 Å². The van der Waals surface area contributed by atoms with Crippen LogP contribution in [0.2, 0.25) is 0 Å². The predicted octanol–water partition coefficient (Wildman–Crippen LogP) is 2.92. The summed E-state index contributed by atoms with van der Waals surface area (Å²) in [5.74, 6) is 1.65. The number of hydrogen-bond acceptors (Lipinski definition) is 4. The number of rotatable bonds is 6. The molecule has 1 aromatic heterocycles. The molecule has 0 unspecified atom stereocenters. The third-order valence-electron chi connectivity index (χ3n) is 4.40. The Morgan fingerprint density at radius 2 is 1.73 bits per heavy atom. The van der Waals surface area contributed by atoms with Crippen LogP contribution in [-0.4, -0.2) is 11.4 Å². The highest BCUT2D eigenvalue weighted by Gasteiger charge is 2.16. The monoisotopic (exact) mass is 348 g/mol. The summed E-state index contributed by atoms with van der Waals surface area (Å²) in [4.78, 5) is 11.8. The molecule has 0 fully saturated rings. The standard InChI is InChI=1S/C21H20N2O3/c24-20-6-1-2-11-23(20)14-17-9-7-16(8-10-17)12-22-13-18-4-3-5-19-21(18)26-15-25-19/h1-11,22H,12-15H2. The molecule has 0 spiro atoms. The summed E-state index contributed by atoms with van der Waals surface area (Å²) in [5, 5.41) is 3.44. The summed E-state index contributed by atoms with van der Waals surface area (Å²) in [6.07, 6.45) is 1.81. The van der Waals surface area contributed by atoms with Gasteiger partial charge in [-0.15, -0.1) is 0 Å². The number of fused-ring (bicyclic) bond motifs is 1. The fourth-order valence-electron chi connectivity index (χ4n) is 3.02. The van der Waals surface area contributed by atoms with Crippen molar-refractivity contribution in [1.29, 1.82) is 0 Å². The molecule has 0 saturated carbocycles. The Balaban J connectivity index is 1.34. The van der Waals surface area contributed by atoms with Gasteiger partial charge in [-0.2, -0.15) is 0 Å². The van der Waals surface area contributed by atoms with Crippen LogP contribution in [-0.2, 0) is 19.6 Å². The number of para-hydroxylation sites is 1. The summed E-state index contributed by atoms with van der Waals surface area (Å²) in [6.45, 7) is 2.35. The van der Waals surface area contributed by atoms with E-state index >= 15 is 0 Å². The molecule has 0 saturated heterocycles. The number of nitrogens with zero attached hydrogens (tertiary/aromatic N) is 1. The third-order valence-corrected chi connectivity index (χ3v) is 4.40. The highest BCUT2D eigenvalue weighted by molar-refractivity contribution is 5.48. The van der Waals surface area contributed by atoms with Crippen molar-refractivity contribution in [2.75, 3.05) is 6.79 Å². The summed E-state index contributed by atoms with van der Waals surface area (Å²) in [5.41, 5.74) is 3.41. The van der Waals surface area contributed by atoms with Crippen LogP contribution in [0.4, 0.5) is 0 Å². The minimum Gasteiger partial charge on any atom is -0.454 e. The van der Waals surface area contributed by atoms with Crippen LogP contribution in [0.3, 0.4) is 0 Å². The first-order valence-electron chi connectivity index (χ1n) is 8.61. The molecule has 1 N–H and O–H groups in total. The van der Waals surface area contributed by atoms with Gasteiger partial charge < -0.3 is 19.4 Å². The average molecular weight is 348 g/mol. The average Bonchev–Trinajstić information content (AvgIpc) is 3.15. The van der Waals surface area contributed by atoms with E-state index in [0.29, 0.717) is 13.1 Å². The summed E-state index contributed by atoms with van der Waals surface area (Å²) < 4.78 is 12.6. The van der Waals surface area contributed by atoms with Gasteiger partial charge in [-0.3, -0.25) is 4.79 Å². The van der Waals surface area contributed by atoms with Gasteiger partial charge in [-0.05, 0) is 23.3 Å². The van der Waals surface area contributed by atoms with E-state index in [1.165, 1.54) is 5.56 Å². The second-order valence-corrected chi connectivity index (χ2v) is 6.24. The van der Waals surface area contributed by atoms with Crippen LogP contribution in [0, 0.1) is 0 Å². The van der Waals surface area contributed by atoms with Gasteiger partial charge in [0.05, 0.1) is 6.54 Å². The number of hydrogen-bond donors (Lipinski definition) is 1. The number of aromatic nitrogens is 1. The zero-order chi connectivity index (χ0) is 17.8. The molecule has 5 nitrogen and oxygen atoms in total. The van der Waals surface area contributed by atoms with Gasteiger partial charge in [-0.25, -0.2) is 0 Å². The van der Waals surface area contributed by atoms with Gasteiger partial charge in [0.2, 0.25) is 6.79 Å². The molecule has 1 aliphatic rings. The van der Waals surface area contributed by atoms with E-state index in [4.69, 9.17) is 9.47 Å². The van der Waals surface area contributed by atoms with Crippen molar-refractivity contribution < 1.29 is 9.47 Å². The zero-order valence-electron chi connectivity index (χ0n) is 14.4. The van der Waals surface area contributed by atoms with Crippen molar-refractivity contribution in [2.24, 2.45) is 0 Å². The van der Waals surface area contributed by atoms with Crippen LogP contribution < -0.4 is 20.3 Å². The predicted molar refractivity (Wildman–Crippen MR) is 99.4 cm³/mol. The lowest BCUT2D eigenvalue weighted by atomic mass is 10.1. The van der Waals surface area contributed by atoms with Crippen molar-refractivity contribution in [3.63, 3.8) is 0 Å². The van der Waals surface area contributed by atoms with Gasteiger partial charge in [-0.1, -0.05) is 42.5 Å². The van der Waals surface area contributed by atoms with Crippen LogP contribution in [0.15, 0.2) is 71.7 Å². The van der Waals surface area contributed by atoms with Crippen LogP contribution >= 0.6 is 0 Å². The molecular formula is C21H20N2O3. The molecule has 5 heteroatoms. The van der Waals surface area contributed by atoms with Crippen LogP contribution in [0.1, 0.15) is 16.7 Å². The van der Waals surface area contributed by atoms with E-state index in [1.807, 2.05) is 30.5 Å². The largest absolute Gasteiger partial charge is 0.454 e. The maximum atomic E-state index is 11.8. The van der Waals surface area contributed by atoms with Gasteiger partial charge in [0, 0.05) is 30.9 Å². The molecule has 2 heterocycles. The topological polar surface area (TPSA) is 52.5 Å². The molecule has 3 aromatic rings. The van der Waals surface area contributed by atoms with Gasteiger partial charge in [0.15, 0.2) is 11.5 Å². The number of benzene rings is 2. The molecule has 2 aromatic carbocycles. The first kappa shape index (κ1) is 16.4.